The molecule has 0 radical (unpaired) electrons. The molecule has 1 aromatic rings. The molecule has 0 heterocycles. The van der Waals surface area contributed by atoms with E-state index in [0.717, 1.165) is 0 Å². The monoisotopic (exact) mass is 323 g/mol. The van der Waals surface area contributed by atoms with Crippen LogP contribution in [0.3, 0.4) is 0 Å². The van der Waals surface area contributed by atoms with Crippen LogP contribution in [-0.2, 0) is 16.0 Å². The van der Waals surface area contributed by atoms with Crippen LogP contribution >= 0.6 is 0 Å². The Balaban J connectivity index is 2.50. The van der Waals surface area contributed by atoms with Gasteiger partial charge in [-0.25, -0.2) is 0 Å². The van der Waals surface area contributed by atoms with Crippen LogP contribution in [0.2, 0.25) is 0 Å². The fourth-order valence-corrected chi connectivity index (χ4v) is 2.22. The van der Waals surface area contributed by atoms with E-state index in [1.165, 1.54) is 18.2 Å². The van der Waals surface area contributed by atoms with Gasteiger partial charge < -0.3 is 27.4 Å². The minimum atomic E-state index is -1.53. The topological polar surface area (TPSA) is 153 Å². The van der Waals surface area contributed by atoms with Crippen LogP contribution in [0.25, 0.3) is 0 Å². The zero-order chi connectivity index (χ0) is 17.5. The second-order valence-corrected chi connectivity index (χ2v) is 5.74. The van der Waals surface area contributed by atoms with Crippen LogP contribution in [-0.4, -0.2) is 34.0 Å². The lowest BCUT2D eigenvalue weighted by Gasteiger charge is -2.23. The van der Waals surface area contributed by atoms with E-state index in [1.54, 1.807) is 0 Å². The summed E-state index contributed by atoms with van der Waals surface area (Å²) in [6.45, 7) is 0.336. The zero-order valence-electron chi connectivity index (χ0n) is 13.1. The minimum absolute atomic E-state index is 0.0522. The summed E-state index contributed by atoms with van der Waals surface area (Å²) >= 11 is 0. The Labute approximate surface area is 135 Å². The SMILES string of the molecule is NCCC(=O)CCCCC(N)(N)C(=O)Cc1cc(O)ccc1O. The fraction of sp³-hybridized carbons (Fsp3) is 0.500. The van der Waals surface area contributed by atoms with Gasteiger partial charge in [-0.1, -0.05) is 0 Å². The summed E-state index contributed by atoms with van der Waals surface area (Å²) in [6, 6.07) is 3.92. The number of benzene rings is 1. The van der Waals surface area contributed by atoms with Crippen LogP contribution in [0.5, 0.6) is 11.5 Å². The van der Waals surface area contributed by atoms with E-state index in [2.05, 4.69) is 0 Å². The molecule has 0 aliphatic carbocycles. The van der Waals surface area contributed by atoms with Crippen molar-refractivity contribution in [3.8, 4) is 11.5 Å². The van der Waals surface area contributed by atoms with Gasteiger partial charge in [-0.15, -0.1) is 0 Å². The van der Waals surface area contributed by atoms with Crippen molar-refractivity contribution in [3.05, 3.63) is 23.8 Å². The van der Waals surface area contributed by atoms with Gasteiger partial charge in [0.2, 0.25) is 0 Å². The molecule has 0 saturated carbocycles. The van der Waals surface area contributed by atoms with Crippen LogP contribution in [0.1, 0.15) is 37.7 Å². The van der Waals surface area contributed by atoms with Crippen molar-refractivity contribution in [1.82, 2.24) is 0 Å². The average Bonchev–Trinajstić information content (AvgIpc) is 2.47. The molecule has 128 valence electrons. The maximum atomic E-state index is 12.2. The molecule has 7 nitrogen and oxygen atoms in total. The second kappa shape index (κ2) is 8.61. The Bertz CT molecular complexity index is 558. The average molecular weight is 323 g/mol. The highest BCUT2D eigenvalue weighted by Crippen LogP contribution is 2.24. The first-order valence-electron chi connectivity index (χ1n) is 7.60. The van der Waals surface area contributed by atoms with Gasteiger partial charge in [-0.3, -0.25) is 9.59 Å². The van der Waals surface area contributed by atoms with Gasteiger partial charge in [0.1, 0.15) is 22.9 Å². The fourth-order valence-electron chi connectivity index (χ4n) is 2.22. The first-order valence-corrected chi connectivity index (χ1v) is 7.60. The summed E-state index contributed by atoms with van der Waals surface area (Å²) in [7, 11) is 0. The summed E-state index contributed by atoms with van der Waals surface area (Å²) in [4.78, 5) is 23.6. The maximum absolute atomic E-state index is 12.2. The van der Waals surface area contributed by atoms with Gasteiger partial charge >= 0.3 is 0 Å². The number of unbranched alkanes of at least 4 members (excludes halogenated alkanes) is 1. The van der Waals surface area contributed by atoms with Crippen molar-refractivity contribution in [2.24, 2.45) is 17.2 Å². The van der Waals surface area contributed by atoms with E-state index in [-0.39, 0.29) is 35.7 Å². The molecule has 1 rings (SSSR count). The van der Waals surface area contributed by atoms with Gasteiger partial charge in [0, 0.05) is 24.8 Å². The molecule has 0 unspecified atom stereocenters. The molecule has 1 aromatic carbocycles. The molecular formula is C16H25N3O4. The first-order chi connectivity index (χ1) is 10.8. The van der Waals surface area contributed by atoms with Gasteiger partial charge in [0.05, 0.1) is 0 Å². The summed E-state index contributed by atoms with van der Waals surface area (Å²) in [6.07, 6.45) is 1.96. The Kier molecular flexibility index (Phi) is 7.15. The third-order valence-corrected chi connectivity index (χ3v) is 3.65. The number of hydrogen-bond donors (Lipinski definition) is 5. The summed E-state index contributed by atoms with van der Waals surface area (Å²) in [5, 5.41) is 19.1. The third-order valence-electron chi connectivity index (χ3n) is 3.65. The molecule has 0 aromatic heterocycles. The Hall–Kier alpha value is -1.96. The van der Waals surface area contributed by atoms with Crippen molar-refractivity contribution < 1.29 is 19.8 Å². The van der Waals surface area contributed by atoms with Crippen LogP contribution in [0.4, 0.5) is 0 Å². The number of phenolic OH excluding ortho intramolecular Hbond substituents is 2. The van der Waals surface area contributed by atoms with Crippen LogP contribution < -0.4 is 17.2 Å². The van der Waals surface area contributed by atoms with E-state index >= 15 is 0 Å². The third kappa shape index (κ3) is 6.35. The highest BCUT2D eigenvalue weighted by atomic mass is 16.3. The molecule has 0 aliphatic heterocycles. The van der Waals surface area contributed by atoms with Crippen LogP contribution in [0.15, 0.2) is 18.2 Å². The summed E-state index contributed by atoms with van der Waals surface area (Å²) in [5.41, 5.74) is 15.7. The normalized spacial score (nSPS) is 11.4. The number of hydrogen-bond acceptors (Lipinski definition) is 7. The smallest absolute Gasteiger partial charge is 0.171 e. The number of rotatable bonds is 10. The predicted octanol–water partition coefficient (Wildman–Crippen LogP) is 0.301. The Morgan fingerprint density at radius 2 is 1.78 bits per heavy atom. The van der Waals surface area contributed by atoms with E-state index < -0.39 is 11.4 Å². The Morgan fingerprint density at radius 3 is 2.43 bits per heavy atom. The predicted molar refractivity (Wildman–Crippen MR) is 86.7 cm³/mol. The number of carbonyl (C=O) groups is 2. The zero-order valence-corrected chi connectivity index (χ0v) is 13.1. The lowest BCUT2D eigenvalue weighted by Crippen LogP contribution is -2.56. The molecule has 23 heavy (non-hydrogen) atoms. The molecule has 8 N–H and O–H groups in total. The van der Waals surface area contributed by atoms with Gasteiger partial charge in [-0.05, 0) is 44.0 Å². The quantitative estimate of drug-likeness (QED) is 0.236. The Morgan fingerprint density at radius 1 is 1.09 bits per heavy atom. The minimum Gasteiger partial charge on any atom is -0.508 e. The number of ketones is 2. The van der Waals surface area contributed by atoms with Crippen molar-refractivity contribution >= 4 is 11.6 Å². The van der Waals surface area contributed by atoms with E-state index in [0.29, 0.717) is 32.2 Å². The highest BCUT2D eigenvalue weighted by Gasteiger charge is 2.29. The summed E-state index contributed by atoms with van der Waals surface area (Å²) in [5.74, 6) is -0.502. The second-order valence-electron chi connectivity index (χ2n) is 5.74. The molecule has 0 bridgehead atoms. The van der Waals surface area contributed by atoms with Gasteiger partial charge in [-0.2, -0.15) is 0 Å². The number of aromatic hydroxyl groups is 2. The van der Waals surface area contributed by atoms with Crippen molar-refractivity contribution in [3.63, 3.8) is 0 Å². The lowest BCUT2D eigenvalue weighted by molar-refractivity contribution is -0.123. The molecular weight excluding hydrogens is 298 g/mol. The van der Waals surface area contributed by atoms with Crippen LogP contribution in [0, 0.1) is 0 Å². The molecule has 0 amide bonds. The van der Waals surface area contributed by atoms with Crippen molar-refractivity contribution in [1.29, 1.82) is 0 Å². The number of Topliss-reactive ketones (excluding diaryl/α,β-unsaturated/α-hetero) is 2. The van der Waals surface area contributed by atoms with Gasteiger partial charge in [0.25, 0.3) is 0 Å². The standard InChI is InChI=1S/C16H25N3O4/c17-8-6-12(20)3-1-2-7-16(18,19)15(23)10-11-9-13(21)4-5-14(11)22/h4-5,9,21-22H,1-3,6-8,10,17-19H2. The molecule has 0 fully saturated rings. The molecule has 0 spiro atoms. The molecule has 0 aliphatic rings. The lowest BCUT2D eigenvalue weighted by atomic mass is 9.93. The molecule has 0 saturated heterocycles. The molecule has 0 atom stereocenters. The number of phenols is 2. The first kappa shape index (κ1) is 19.1. The van der Waals surface area contributed by atoms with Crippen molar-refractivity contribution in [2.75, 3.05) is 6.54 Å². The molecule has 7 heteroatoms. The maximum Gasteiger partial charge on any atom is 0.171 e. The van der Waals surface area contributed by atoms with E-state index in [9.17, 15) is 19.8 Å². The van der Waals surface area contributed by atoms with E-state index in [4.69, 9.17) is 17.2 Å². The largest absolute Gasteiger partial charge is 0.508 e. The van der Waals surface area contributed by atoms with Gasteiger partial charge in [0.15, 0.2) is 5.78 Å². The van der Waals surface area contributed by atoms with Crippen molar-refractivity contribution in [2.45, 2.75) is 44.2 Å². The summed E-state index contributed by atoms with van der Waals surface area (Å²) < 4.78 is 0. The number of nitrogens with two attached hydrogens (primary N) is 3. The van der Waals surface area contributed by atoms with E-state index in [1.807, 2.05) is 0 Å². The highest BCUT2D eigenvalue weighted by molar-refractivity contribution is 5.89. The number of carbonyl (C=O) groups excluding carboxylic acids is 2.